The second kappa shape index (κ2) is 3.99. The molecule has 13 heavy (non-hydrogen) atoms. The normalized spacial score (nSPS) is 15.1. The van der Waals surface area contributed by atoms with Gasteiger partial charge in [-0.1, -0.05) is 29.8 Å². The molecule has 1 atom stereocenters. The molecule has 0 saturated carbocycles. The number of likely N-dealkylation sites (N-methyl/N-ethyl adjacent to an activating group) is 1. The molecule has 1 unspecified atom stereocenters. The van der Waals surface area contributed by atoms with Crippen molar-refractivity contribution in [2.75, 3.05) is 18.5 Å². The molecule has 1 aromatic carbocycles. The van der Waals surface area contributed by atoms with Gasteiger partial charge in [0.1, 0.15) is 0 Å². The number of alkyl halides is 1. The van der Waals surface area contributed by atoms with Crippen molar-refractivity contribution in [3.8, 4) is 0 Å². The van der Waals surface area contributed by atoms with Gasteiger partial charge in [-0.05, 0) is 19.1 Å². The summed E-state index contributed by atoms with van der Waals surface area (Å²) >= 11 is 5.69. The van der Waals surface area contributed by atoms with Crippen molar-refractivity contribution in [3.05, 3.63) is 30.3 Å². The highest BCUT2D eigenvalue weighted by Crippen LogP contribution is 2.16. The van der Waals surface area contributed by atoms with Gasteiger partial charge >= 0.3 is 0 Å². The fourth-order valence-corrected chi connectivity index (χ4v) is 1.39. The van der Waals surface area contributed by atoms with E-state index in [0.29, 0.717) is 6.54 Å². The topological polar surface area (TPSA) is 23.5 Å². The van der Waals surface area contributed by atoms with E-state index in [4.69, 9.17) is 11.6 Å². The Morgan fingerprint density at radius 3 is 2.38 bits per heavy atom. The van der Waals surface area contributed by atoms with Crippen LogP contribution in [0.25, 0.3) is 0 Å². The summed E-state index contributed by atoms with van der Waals surface area (Å²) in [5, 5.41) is 8.20. The highest BCUT2D eigenvalue weighted by atomic mass is 35.5. The van der Waals surface area contributed by atoms with E-state index in [1.807, 2.05) is 42.3 Å². The summed E-state index contributed by atoms with van der Waals surface area (Å²) in [6, 6.07) is 9.81. The minimum absolute atomic E-state index is 0.401. The molecule has 2 nitrogen and oxygen atoms in total. The van der Waals surface area contributed by atoms with Crippen molar-refractivity contribution in [2.45, 2.75) is 12.0 Å². The molecule has 0 aromatic heterocycles. The first kappa shape index (κ1) is 10.4. The third kappa shape index (κ3) is 3.66. The Balaban J connectivity index is 2.64. The average molecular weight is 200 g/mol. The van der Waals surface area contributed by atoms with Crippen LogP contribution in [0.5, 0.6) is 0 Å². The van der Waals surface area contributed by atoms with Gasteiger partial charge < -0.3 is 10.0 Å². The Bertz CT molecular complexity index is 255. The number of benzene rings is 1. The van der Waals surface area contributed by atoms with E-state index in [2.05, 4.69) is 0 Å². The number of rotatable bonds is 3. The van der Waals surface area contributed by atoms with E-state index >= 15 is 0 Å². The first-order valence-electron chi connectivity index (χ1n) is 4.16. The van der Waals surface area contributed by atoms with Crippen molar-refractivity contribution >= 4 is 17.3 Å². The average Bonchev–Trinajstić information content (AvgIpc) is 2.03. The summed E-state index contributed by atoms with van der Waals surface area (Å²) in [6.07, 6.45) is 0. The summed E-state index contributed by atoms with van der Waals surface area (Å²) in [5.74, 6) is 0. The van der Waals surface area contributed by atoms with Crippen LogP contribution in [0.3, 0.4) is 0 Å². The minimum Gasteiger partial charge on any atom is -0.373 e. The predicted octanol–water partition coefficient (Wildman–Crippen LogP) is 2.07. The molecule has 0 aliphatic heterocycles. The lowest BCUT2D eigenvalue weighted by Crippen LogP contribution is -2.34. The lowest BCUT2D eigenvalue weighted by Gasteiger charge is -2.25. The van der Waals surface area contributed by atoms with Gasteiger partial charge in [-0.3, -0.25) is 0 Å². The van der Waals surface area contributed by atoms with Crippen LogP contribution in [0.1, 0.15) is 6.92 Å². The first-order valence-corrected chi connectivity index (χ1v) is 4.54. The summed E-state index contributed by atoms with van der Waals surface area (Å²) < 4.78 is 0. The number of halogens is 1. The van der Waals surface area contributed by atoms with Gasteiger partial charge in [0.15, 0.2) is 5.06 Å². The van der Waals surface area contributed by atoms with Crippen LogP contribution >= 0.6 is 11.6 Å². The summed E-state index contributed by atoms with van der Waals surface area (Å²) in [6.45, 7) is 1.98. The molecule has 0 spiro atoms. The Labute approximate surface area is 83.7 Å². The fraction of sp³-hybridized carbons (Fsp3) is 0.400. The standard InChI is InChI=1S/C10H14ClNO/c1-10(11,13)8-12(2)9-6-4-3-5-7-9/h3-7,13H,8H2,1-2H3. The Morgan fingerprint density at radius 1 is 1.38 bits per heavy atom. The van der Waals surface area contributed by atoms with Gasteiger partial charge in [-0.15, -0.1) is 0 Å². The van der Waals surface area contributed by atoms with Crippen LogP contribution in [0.15, 0.2) is 30.3 Å². The van der Waals surface area contributed by atoms with Gasteiger partial charge in [0.25, 0.3) is 0 Å². The highest BCUT2D eigenvalue weighted by Gasteiger charge is 2.18. The van der Waals surface area contributed by atoms with Gasteiger partial charge in [0.05, 0.1) is 6.54 Å². The van der Waals surface area contributed by atoms with Gasteiger partial charge in [-0.2, -0.15) is 0 Å². The molecule has 0 aliphatic carbocycles. The minimum atomic E-state index is -1.18. The van der Waals surface area contributed by atoms with Crippen molar-refractivity contribution in [2.24, 2.45) is 0 Å². The van der Waals surface area contributed by atoms with Crippen LogP contribution in [-0.2, 0) is 0 Å². The molecular weight excluding hydrogens is 186 g/mol. The van der Waals surface area contributed by atoms with E-state index in [-0.39, 0.29) is 0 Å². The zero-order valence-electron chi connectivity index (χ0n) is 7.87. The smallest absolute Gasteiger partial charge is 0.153 e. The maximum atomic E-state index is 9.37. The molecule has 0 fully saturated rings. The Hall–Kier alpha value is -0.730. The molecule has 0 bridgehead atoms. The number of nitrogens with zero attached hydrogens (tertiary/aromatic N) is 1. The quantitative estimate of drug-likeness (QED) is 0.754. The second-order valence-corrected chi connectivity index (χ2v) is 4.15. The molecule has 0 amide bonds. The number of aliphatic hydroxyl groups is 1. The molecule has 1 N–H and O–H groups in total. The fourth-order valence-electron chi connectivity index (χ4n) is 1.21. The van der Waals surface area contributed by atoms with Crippen LogP contribution in [-0.4, -0.2) is 23.8 Å². The Kier molecular flexibility index (Phi) is 3.17. The van der Waals surface area contributed by atoms with Gasteiger partial charge in [0.2, 0.25) is 0 Å². The molecule has 72 valence electrons. The van der Waals surface area contributed by atoms with Crippen LogP contribution in [0, 0.1) is 0 Å². The maximum Gasteiger partial charge on any atom is 0.153 e. The van der Waals surface area contributed by atoms with Crippen LogP contribution in [0.2, 0.25) is 0 Å². The van der Waals surface area contributed by atoms with Crippen molar-refractivity contribution in [1.29, 1.82) is 0 Å². The molecule has 0 saturated heterocycles. The van der Waals surface area contributed by atoms with Gasteiger partial charge in [0, 0.05) is 12.7 Å². The lowest BCUT2D eigenvalue weighted by molar-refractivity contribution is 0.157. The molecule has 1 aromatic rings. The van der Waals surface area contributed by atoms with E-state index in [9.17, 15) is 5.11 Å². The SMILES string of the molecule is CN(CC(C)(O)Cl)c1ccccc1. The zero-order valence-corrected chi connectivity index (χ0v) is 8.62. The van der Waals surface area contributed by atoms with Crippen LogP contribution in [0.4, 0.5) is 5.69 Å². The Morgan fingerprint density at radius 2 is 1.92 bits per heavy atom. The lowest BCUT2D eigenvalue weighted by atomic mass is 10.3. The van der Waals surface area contributed by atoms with Crippen LogP contribution < -0.4 is 4.90 Å². The van der Waals surface area contributed by atoms with E-state index in [1.165, 1.54) is 0 Å². The molecular formula is C10H14ClNO. The molecule has 0 heterocycles. The third-order valence-corrected chi connectivity index (χ3v) is 1.84. The van der Waals surface area contributed by atoms with E-state index in [1.54, 1.807) is 6.92 Å². The van der Waals surface area contributed by atoms with E-state index in [0.717, 1.165) is 5.69 Å². The predicted molar refractivity (Wildman–Crippen MR) is 56.2 cm³/mol. The summed E-state index contributed by atoms with van der Waals surface area (Å²) in [4.78, 5) is 1.91. The van der Waals surface area contributed by atoms with E-state index < -0.39 is 5.06 Å². The molecule has 0 radical (unpaired) electrons. The number of hydrogen-bond donors (Lipinski definition) is 1. The second-order valence-electron chi connectivity index (χ2n) is 3.33. The maximum absolute atomic E-state index is 9.37. The number of hydrogen-bond acceptors (Lipinski definition) is 2. The monoisotopic (exact) mass is 199 g/mol. The molecule has 3 heteroatoms. The third-order valence-electron chi connectivity index (χ3n) is 1.72. The summed E-state index contributed by atoms with van der Waals surface area (Å²) in [5.41, 5.74) is 1.04. The van der Waals surface area contributed by atoms with Crippen molar-refractivity contribution < 1.29 is 5.11 Å². The summed E-state index contributed by atoms with van der Waals surface area (Å²) in [7, 11) is 1.90. The highest BCUT2D eigenvalue weighted by molar-refractivity contribution is 6.22. The van der Waals surface area contributed by atoms with Gasteiger partial charge in [-0.25, -0.2) is 0 Å². The van der Waals surface area contributed by atoms with Crippen molar-refractivity contribution in [3.63, 3.8) is 0 Å². The first-order chi connectivity index (χ1) is 5.99. The number of para-hydroxylation sites is 1. The zero-order chi connectivity index (χ0) is 9.90. The molecule has 1 rings (SSSR count). The van der Waals surface area contributed by atoms with Crippen molar-refractivity contribution in [1.82, 2.24) is 0 Å². The molecule has 0 aliphatic rings. The number of anilines is 1. The largest absolute Gasteiger partial charge is 0.373 e.